The lowest BCUT2D eigenvalue weighted by molar-refractivity contribution is 0.596. The van der Waals surface area contributed by atoms with Gasteiger partial charge in [0.25, 0.3) is 0 Å². The molecule has 2 heterocycles. The molecule has 0 radical (unpaired) electrons. The van der Waals surface area contributed by atoms with E-state index in [1.807, 2.05) is 5.38 Å². The third kappa shape index (κ3) is 3.89. The lowest BCUT2D eigenvalue weighted by Crippen LogP contribution is -2.32. The van der Waals surface area contributed by atoms with Crippen molar-refractivity contribution in [2.75, 3.05) is 29.6 Å². The van der Waals surface area contributed by atoms with Crippen molar-refractivity contribution in [2.24, 2.45) is 0 Å². The third-order valence-electron chi connectivity index (χ3n) is 4.33. The first-order valence-corrected chi connectivity index (χ1v) is 11.0. The zero-order valence-electron chi connectivity index (χ0n) is 14.3. The molecule has 0 unspecified atom stereocenters. The summed E-state index contributed by atoms with van der Waals surface area (Å²) in [4.78, 5) is 9.20. The number of hydrogen-bond acceptors (Lipinski definition) is 6. The van der Waals surface area contributed by atoms with Crippen molar-refractivity contribution in [1.82, 2.24) is 4.98 Å². The number of thiazole rings is 1. The summed E-state index contributed by atoms with van der Waals surface area (Å²) < 4.78 is 22.9. The largest absolute Gasteiger partial charge is 0.373 e. The first-order valence-electron chi connectivity index (χ1n) is 8.01. The monoisotopic (exact) mass is 365 g/mol. The highest BCUT2D eigenvalue weighted by molar-refractivity contribution is 7.90. The van der Waals surface area contributed by atoms with Crippen LogP contribution in [-0.2, 0) is 22.1 Å². The Labute approximate surface area is 147 Å². The predicted octanol–water partition coefficient (Wildman–Crippen LogP) is 2.92. The summed E-state index contributed by atoms with van der Waals surface area (Å²) in [5, 5.41) is 2.64. The molecule has 0 aliphatic carbocycles. The Morgan fingerprint density at radius 3 is 2.71 bits per heavy atom. The number of nitrogens with zero attached hydrogens (tertiary/aromatic N) is 3. The Morgan fingerprint density at radius 1 is 1.29 bits per heavy atom. The van der Waals surface area contributed by atoms with Crippen molar-refractivity contribution in [1.29, 1.82) is 0 Å². The first-order chi connectivity index (χ1) is 11.3. The molecule has 1 aromatic carbocycles. The highest BCUT2D eigenvalue weighted by atomic mass is 32.2. The number of para-hydroxylation sites is 2. The lowest BCUT2D eigenvalue weighted by Gasteiger charge is -2.30. The summed E-state index contributed by atoms with van der Waals surface area (Å²) in [6.07, 6.45) is 2.32. The zero-order chi connectivity index (χ0) is 17.3. The maximum atomic E-state index is 11.4. The molecule has 3 rings (SSSR count). The van der Waals surface area contributed by atoms with Crippen LogP contribution >= 0.6 is 11.3 Å². The van der Waals surface area contributed by atoms with Crippen LogP contribution in [0.3, 0.4) is 0 Å². The van der Waals surface area contributed by atoms with Gasteiger partial charge < -0.3 is 9.80 Å². The Bertz CT molecular complexity index is 817. The highest BCUT2D eigenvalue weighted by Crippen LogP contribution is 2.34. The van der Waals surface area contributed by atoms with Gasteiger partial charge in [-0.05, 0) is 25.5 Å². The minimum Gasteiger partial charge on any atom is -0.373 e. The first kappa shape index (κ1) is 17.2. The van der Waals surface area contributed by atoms with E-state index in [0.29, 0.717) is 17.6 Å². The van der Waals surface area contributed by atoms with Gasteiger partial charge in [0.2, 0.25) is 0 Å². The summed E-state index contributed by atoms with van der Waals surface area (Å²) >= 11 is 1.43. The molecule has 1 aliphatic heterocycles. The molecule has 5 nitrogen and oxygen atoms in total. The Kier molecular flexibility index (Phi) is 4.83. The molecule has 0 spiro atoms. The Hall–Kier alpha value is -1.60. The smallest absolute Gasteiger partial charge is 0.153 e. The number of rotatable bonds is 4. The maximum absolute atomic E-state index is 11.4. The van der Waals surface area contributed by atoms with E-state index in [-0.39, 0.29) is 5.75 Å². The summed E-state index contributed by atoms with van der Waals surface area (Å²) in [6.45, 7) is 3.96. The third-order valence-corrected chi connectivity index (χ3v) is 6.21. The maximum Gasteiger partial charge on any atom is 0.153 e. The van der Waals surface area contributed by atoms with Gasteiger partial charge in [0.05, 0.1) is 23.6 Å². The van der Waals surface area contributed by atoms with E-state index in [1.165, 1.54) is 29.0 Å². The molecule has 24 heavy (non-hydrogen) atoms. The molecule has 7 heteroatoms. The standard InChI is InChI=1S/C17H23N3O2S2/c1-13-8-9-19(2)15-6-4-5-7-16(15)20(13)10-14-11-23-17(18-14)12-24(3,21)22/h4-7,11,13H,8-10,12H2,1-3H3/t13-/m1/s1. The van der Waals surface area contributed by atoms with Crippen molar-refractivity contribution < 1.29 is 8.42 Å². The van der Waals surface area contributed by atoms with E-state index < -0.39 is 9.84 Å². The fourth-order valence-electron chi connectivity index (χ4n) is 3.05. The minimum atomic E-state index is -3.04. The number of benzene rings is 1. The highest BCUT2D eigenvalue weighted by Gasteiger charge is 2.24. The molecule has 130 valence electrons. The molecule has 0 fully saturated rings. The number of anilines is 2. The van der Waals surface area contributed by atoms with Gasteiger partial charge in [-0.2, -0.15) is 0 Å². The number of aromatic nitrogens is 1. The second-order valence-electron chi connectivity index (χ2n) is 6.48. The summed E-state index contributed by atoms with van der Waals surface area (Å²) in [7, 11) is -0.915. The van der Waals surface area contributed by atoms with Gasteiger partial charge in [0, 0.05) is 31.3 Å². The fourth-order valence-corrected chi connectivity index (χ4v) is 5.05. The van der Waals surface area contributed by atoms with E-state index in [2.05, 4.69) is 53.0 Å². The van der Waals surface area contributed by atoms with Crippen molar-refractivity contribution in [3.63, 3.8) is 0 Å². The van der Waals surface area contributed by atoms with Crippen LogP contribution in [0, 0.1) is 0 Å². The number of hydrogen-bond donors (Lipinski definition) is 0. The molecule has 1 aromatic heterocycles. The molecule has 0 bridgehead atoms. The number of sulfone groups is 1. The van der Waals surface area contributed by atoms with Crippen LogP contribution in [-0.4, -0.2) is 39.3 Å². The van der Waals surface area contributed by atoms with Crippen LogP contribution in [0.25, 0.3) is 0 Å². The van der Waals surface area contributed by atoms with Crippen molar-refractivity contribution in [3.8, 4) is 0 Å². The summed E-state index contributed by atoms with van der Waals surface area (Å²) in [5.41, 5.74) is 3.38. The van der Waals surface area contributed by atoms with E-state index in [4.69, 9.17) is 0 Å². The van der Waals surface area contributed by atoms with Crippen LogP contribution in [0.2, 0.25) is 0 Å². The molecule has 0 saturated carbocycles. The van der Waals surface area contributed by atoms with E-state index in [0.717, 1.165) is 18.7 Å². The second kappa shape index (κ2) is 6.72. The van der Waals surface area contributed by atoms with Gasteiger partial charge >= 0.3 is 0 Å². The molecule has 0 saturated heterocycles. The van der Waals surface area contributed by atoms with E-state index in [1.54, 1.807) is 0 Å². The van der Waals surface area contributed by atoms with Gasteiger partial charge in [-0.15, -0.1) is 11.3 Å². The molecule has 1 aliphatic rings. The van der Waals surface area contributed by atoms with Crippen LogP contribution in [0.1, 0.15) is 24.0 Å². The van der Waals surface area contributed by atoms with Crippen molar-refractivity contribution >= 4 is 32.5 Å². The Morgan fingerprint density at radius 2 is 2.00 bits per heavy atom. The van der Waals surface area contributed by atoms with Crippen molar-refractivity contribution in [2.45, 2.75) is 31.7 Å². The van der Waals surface area contributed by atoms with Gasteiger partial charge in [-0.3, -0.25) is 0 Å². The molecule has 0 amide bonds. The normalized spacial score (nSPS) is 18.4. The van der Waals surface area contributed by atoms with Crippen LogP contribution in [0.4, 0.5) is 11.4 Å². The molecule has 1 atom stereocenters. The summed E-state index contributed by atoms with van der Waals surface area (Å²) in [6, 6.07) is 8.83. The average molecular weight is 366 g/mol. The fraction of sp³-hybridized carbons (Fsp3) is 0.471. The SMILES string of the molecule is C[C@@H]1CCN(C)c2ccccc2N1Cc1csc(CS(C)(=O)=O)n1. The molecular weight excluding hydrogens is 342 g/mol. The predicted molar refractivity (Wildman–Crippen MR) is 101 cm³/mol. The van der Waals surface area contributed by atoms with Crippen LogP contribution < -0.4 is 9.80 Å². The Balaban J connectivity index is 1.87. The minimum absolute atomic E-state index is 0.0204. The molecule has 2 aromatic rings. The van der Waals surface area contributed by atoms with Gasteiger partial charge in [0.15, 0.2) is 9.84 Å². The number of fused-ring (bicyclic) bond motifs is 1. The molecule has 0 N–H and O–H groups in total. The average Bonchev–Trinajstić information content (AvgIpc) is 2.90. The summed E-state index contributed by atoms with van der Waals surface area (Å²) in [5.74, 6) is 0.0204. The van der Waals surface area contributed by atoms with Gasteiger partial charge in [-0.1, -0.05) is 12.1 Å². The topological polar surface area (TPSA) is 53.5 Å². The second-order valence-corrected chi connectivity index (χ2v) is 9.56. The van der Waals surface area contributed by atoms with Crippen LogP contribution in [0.15, 0.2) is 29.6 Å². The van der Waals surface area contributed by atoms with E-state index in [9.17, 15) is 8.42 Å². The van der Waals surface area contributed by atoms with E-state index >= 15 is 0 Å². The van der Waals surface area contributed by atoms with Crippen molar-refractivity contribution in [3.05, 3.63) is 40.3 Å². The lowest BCUT2D eigenvalue weighted by atomic mass is 10.1. The zero-order valence-corrected chi connectivity index (χ0v) is 15.9. The quantitative estimate of drug-likeness (QED) is 0.834. The van der Waals surface area contributed by atoms with Crippen LogP contribution in [0.5, 0.6) is 0 Å². The van der Waals surface area contributed by atoms with Gasteiger partial charge in [-0.25, -0.2) is 13.4 Å². The van der Waals surface area contributed by atoms with Gasteiger partial charge in [0.1, 0.15) is 10.8 Å². The molecular formula is C17H23N3O2S2.